The maximum absolute atomic E-state index is 12.7. The molecule has 0 N–H and O–H groups in total. The lowest BCUT2D eigenvalue weighted by molar-refractivity contribution is -0.116. The van der Waals surface area contributed by atoms with E-state index in [-0.39, 0.29) is 12.5 Å². The van der Waals surface area contributed by atoms with Crippen molar-refractivity contribution in [1.82, 2.24) is 4.98 Å². The van der Waals surface area contributed by atoms with Gasteiger partial charge in [-0.05, 0) is 77.5 Å². The van der Waals surface area contributed by atoms with E-state index in [2.05, 4.69) is 27.6 Å². The maximum Gasteiger partial charge on any atom is 0.243 e. The van der Waals surface area contributed by atoms with E-state index in [0.717, 1.165) is 15.6 Å². The van der Waals surface area contributed by atoms with Gasteiger partial charge in [-0.1, -0.05) is 13.0 Å². The van der Waals surface area contributed by atoms with Gasteiger partial charge >= 0.3 is 0 Å². The Labute approximate surface area is 196 Å². The normalized spacial score (nSPS) is 10.5. The zero-order chi connectivity index (χ0) is 22.2. The molecule has 0 atom stereocenters. The second-order valence-corrected chi connectivity index (χ2v) is 8.02. The molecule has 7 heteroatoms. The van der Waals surface area contributed by atoms with Crippen LogP contribution in [0.2, 0.25) is 0 Å². The number of aromatic nitrogens is 1. The van der Waals surface area contributed by atoms with Crippen LogP contribution in [-0.4, -0.2) is 24.6 Å². The molecule has 0 saturated carbocycles. The predicted octanol–water partition coefficient (Wildman–Crippen LogP) is 5.83. The maximum atomic E-state index is 12.7. The second-order valence-electron chi connectivity index (χ2n) is 6.77. The van der Waals surface area contributed by atoms with Crippen LogP contribution < -0.4 is 19.1 Å². The summed E-state index contributed by atoms with van der Waals surface area (Å²) < 4.78 is 18.6. The first-order chi connectivity index (χ1) is 15.0. The molecule has 0 saturated heterocycles. The summed E-state index contributed by atoms with van der Waals surface area (Å²) >= 11 is 2.24. The number of nitrogens with zero attached hydrogens (tertiary/aromatic N) is 2. The molecule has 0 radical (unpaired) electrons. The van der Waals surface area contributed by atoms with E-state index in [9.17, 15) is 4.79 Å². The summed E-state index contributed by atoms with van der Waals surface area (Å²) in [7, 11) is 1.61. The number of pyridine rings is 1. The fourth-order valence-electron chi connectivity index (χ4n) is 3.04. The summed E-state index contributed by atoms with van der Waals surface area (Å²) in [6.07, 6.45) is 2.52. The van der Waals surface area contributed by atoms with Crippen LogP contribution in [0.5, 0.6) is 23.1 Å². The largest absolute Gasteiger partial charge is 0.496 e. The van der Waals surface area contributed by atoms with Gasteiger partial charge in [-0.15, -0.1) is 0 Å². The van der Waals surface area contributed by atoms with Gasteiger partial charge in [0.25, 0.3) is 0 Å². The van der Waals surface area contributed by atoms with E-state index in [0.29, 0.717) is 35.4 Å². The molecule has 0 spiro atoms. The Bertz CT molecular complexity index is 1020. The molecule has 0 aliphatic heterocycles. The molecule has 31 heavy (non-hydrogen) atoms. The number of carbonyl (C=O) groups is 1. The SMILES string of the molecule is CCCOc1cccc(OC)c1CN(C(C)=O)c1cccnc1Oc1ccc(I)cc1. The van der Waals surface area contributed by atoms with Crippen LogP contribution in [0.4, 0.5) is 5.69 Å². The van der Waals surface area contributed by atoms with Crippen molar-refractivity contribution in [3.63, 3.8) is 0 Å². The molecule has 3 aromatic rings. The number of benzene rings is 2. The zero-order valence-corrected chi connectivity index (χ0v) is 20.0. The van der Waals surface area contributed by atoms with Crippen LogP contribution in [0.25, 0.3) is 0 Å². The Morgan fingerprint density at radius 3 is 2.48 bits per heavy atom. The Morgan fingerprint density at radius 1 is 1.06 bits per heavy atom. The standard InChI is InChI=1S/C24H25IN2O4/c1-4-15-30-23-9-5-8-22(29-3)20(23)16-27(17(2)28)21-7-6-14-26-24(21)31-19-12-10-18(25)11-13-19/h5-14H,4,15-16H2,1-3H3. The van der Waals surface area contributed by atoms with Gasteiger partial charge in [0.1, 0.15) is 22.9 Å². The van der Waals surface area contributed by atoms with Crippen molar-refractivity contribution >= 4 is 34.2 Å². The van der Waals surface area contributed by atoms with Crippen molar-refractivity contribution < 1.29 is 19.0 Å². The lowest BCUT2D eigenvalue weighted by atomic mass is 10.1. The average Bonchev–Trinajstić information content (AvgIpc) is 2.78. The average molecular weight is 532 g/mol. The summed E-state index contributed by atoms with van der Waals surface area (Å²) in [6.45, 7) is 4.40. The minimum atomic E-state index is -0.146. The first kappa shape index (κ1) is 22.9. The molecular weight excluding hydrogens is 507 g/mol. The molecule has 0 aliphatic carbocycles. The summed E-state index contributed by atoms with van der Waals surface area (Å²) in [5.74, 6) is 2.20. The number of amides is 1. The number of carbonyl (C=O) groups excluding carboxylic acids is 1. The number of halogens is 1. The molecule has 162 valence electrons. The van der Waals surface area contributed by atoms with Crippen LogP contribution in [0.1, 0.15) is 25.8 Å². The first-order valence-electron chi connectivity index (χ1n) is 9.98. The number of ether oxygens (including phenoxy) is 3. The lowest BCUT2D eigenvalue weighted by Gasteiger charge is -2.25. The highest BCUT2D eigenvalue weighted by atomic mass is 127. The van der Waals surface area contributed by atoms with E-state index >= 15 is 0 Å². The third kappa shape index (κ3) is 5.88. The monoisotopic (exact) mass is 532 g/mol. The molecule has 0 bridgehead atoms. The highest BCUT2D eigenvalue weighted by molar-refractivity contribution is 14.1. The third-order valence-corrected chi connectivity index (χ3v) is 5.26. The number of hydrogen-bond acceptors (Lipinski definition) is 5. The molecule has 3 rings (SSSR count). The van der Waals surface area contributed by atoms with Crippen molar-refractivity contribution in [2.45, 2.75) is 26.8 Å². The number of hydrogen-bond donors (Lipinski definition) is 0. The highest BCUT2D eigenvalue weighted by Crippen LogP contribution is 2.35. The Balaban J connectivity index is 1.97. The Kier molecular flexibility index (Phi) is 8.11. The van der Waals surface area contributed by atoms with Crippen molar-refractivity contribution in [2.24, 2.45) is 0 Å². The summed E-state index contributed by atoms with van der Waals surface area (Å²) in [5, 5.41) is 0. The number of methoxy groups -OCH3 is 1. The third-order valence-electron chi connectivity index (χ3n) is 4.54. The molecule has 0 fully saturated rings. The summed E-state index contributed by atoms with van der Waals surface area (Å²) in [6, 6.07) is 16.9. The van der Waals surface area contributed by atoms with Crippen molar-refractivity contribution in [3.05, 3.63) is 69.9 Å². The van der Waals surface area contributed by atoms with E-state index in [4.69, 9.17) is 14.2 Å². The zero-order valence-electron chi connectivity index (χ0n) is 17.8. The molecule has 1 amide bonds. The van der Waals surface area contributed by atoms with Crippen LogP contribution in [0.3, 0.4) is 0 Å². The fraction of sp³-hybridized carbons (Fsp3) is 0.250. The van der Waals surface area contributed by atoms with Gasteiger partial charge in [-0.3, -0.25) is 4.79 Å². The smallest absolute Gasteiger partial charge is 0.243 e. The van der Waals surface area contributed by atoms with Gasteiger partial charge in [0.2, 0.25) is 11.8 Å². The Morgan fingerprint density at radius 2 is 1.81 bits per heavy atom. The quantitative estimate of drug-likeness (QED) is 0.325. The van der Waals surface area contributed by atoms with E-state index in [1.165, 1.54) is 6.92 Å². The fourth-order valence-corrected chi connectivity index (χ4v) is 3.40. The van der Waals surface area contributed by atoms with Crippen LogP contribution in [0.15, 0.2) is 60.8 Å². The topological polar surface area (TPSA) is 60.9 Å². The van der Waals surface area contributed by atoms with Crippen LogP contribution in [-0.2, 0) is 11.3 Å². The summed E-state index contributed by atoms with van der Waals surface area (Å²) in [5.41, 5.74) is 1.36. The summed E-state index contributed by atoms with van der Waals surface area (Å²) in [4.78, 5) is 18.7. The molecule has 1 heterocycles. The van der Waals surface area contributed by atoms with Gasteiger partial charge in [0, 0.05) is 16.7 Å². The van der Waals surface area contributed by atoms with E-state index in [1.807, 2.05) is 55.5 Å². The molecule has 2 aromatic carbocycles. The van der Waals surface area contributed by atoms with Gasteiger partial charge in [-0.2, -0.15) is 0 Å². The number of rotatable bonds is 9. The molecule has 6 nitrogen and oxygen atoms in total. The minimum Gasteiger partial charge on any atom is -0.496 e. The molecular formula is C24H25IN2O4. The van der Waals surface area contributed by atoms with Crippen molar-refractivity contribution in [2.75, 3.05) is 18.6 Å². The van der Waals surface area contributed by atoms with Crippen LogP contribution in [0, 0.1) is 3.57 Å². The Hall–Kier alpha value is -2.81. The van der Waals surface area contributed by atoms with Gasteiger partial charge in [0.05, 0.1) is 25.8 Å². The van der Waals surface area contributed by atoms with Gasteiger partial charge in [-0.25, -0.2) is 4.98 Å². The highest BCUT2D eigenvalue weighted by Gasteiger charge is 2.22. The minimum absolute atomic E-state index is 0.146. The van der Waals surface area contributed by atoms with Crippen LogP contribution >= 0.6 is 22.6 Å². The van der Waals surface area contributed by atoms with E-state index < -0.39 is 0 Å². The molecule has 0 unspecified atom stereocenters. The predicted molar refractivity (Wildman–Crippen MR) is 129 cm³/mol. The molecule has 1 aromatic heterocycles. The van der Waals surface area contributed by atoms with Gasteiger partial charge in [0.15, 0.2) is 0 Å². The van der Waals surface area contributed by atoms with E-state index in [1.54, 1.807) is 24.3 Å². The first-order valence-corrected chi connectivity index (χ1v) is 11.1. The molecule has 0 aliphatic rings. The van der Waals surface area contributed by atoms with Crippen molar-refractivity contribution in [3.8, 4) is 23.1 Å². The second kappa shape index (κ2) is 11.0. The number of anilines is 1. The van der Waals surface area contributed by atoms with Crippen molar-refractivity contribution in [1.29, 1.82) is 0 Å². The lowest BCUT2D eigenvalue weighted by Crippen LogP contribution is -2.29. The van der Waals surface area contributed by atoms with Gasteiger partial charge < -0.3 is 19.1 Å².